The van der Waals surface area contributed by atoms with Gasteiger partial charge in [0, 0.05) is 24.8 Å². The first kappa shape index (κ1) is 9.53. The Bertz CT molecular complexity index is 503. The molecule has 1 saturated heterocycles. The molecule has 0 atom stereocenters. The summed E-state index contributed by atoms with van der Waals surface area (Å²) in [6.07, 6.45) is 1.53. The minimum Gasteiger partial charge on any atom is -0.378 e. The second-order valence-corrected chi connectivity index (χ2v) is 3.83. The van der Waals surface area contributed by atoms with Gasteiger partial charge in [-0.15, -0.1) is 0 Å². The molecule has 2 aromatic heterocycles. The predicted octanol–water partition coefficient (Wildman–Crippen LogP) is 0.269. The molecule has 0 bridgehead atoms. The standard InChI is InChI=1S/C10H13N5O/c1-8-6-9(14-2-4-16-5-3-14)15-10(13-8)11-7-12-15/h6-7H,2-5H2,1H3. The number of aromatic nitrogens is 4. The molecule has 84 valence electrons. The van der Waals surface area contributed by atoms with E-state index in [0.717, 1.165) is 37.8 Å². The Morgan fingerprint density at radius 1 is 1.31 bits per heavy atom. The minimum absolute atomic E-state index is 0.654. The van der Waals surface area contributed by atoms with E-state index in [4.69, 9.17) is 4.74 Å². The number of morpholine rings is 1. The highest BCUT2D eigenvalue weighted by Crippen LogP contribution is 2.16. The maximum atomic E-state index is 5.34. The molecule has 1 fully saturated rings. The molecule has 0 aromatic carbocycles. The van der Waals surface area contributed by atoms with Gasteiger partial charge in [-0.1, -0.05) is 0 Å². The van der Waals surface area contributed by atoms with Crippen molar-refractivity contribution in [3.8, 4) is 0 Å². The van der Waals surface area contributed by atoms with E-state index in [1.54, 1.807) is 4.52 Å². The van der Waals surface area contributed by atoms with Gasteiger partial charge >= 0.3 is 0 Å². The molecule has 2 aromatic rings. The van der Waals surface area contributed by atoms with E-state index in [2.05, 4.69) is 20.0 Å². The lowest BCUT2D eigenvalue weighted by Crippen LogP contribution is -2.37. The van der Waals surface area contributed by atoms with Crippen molar-refractivity contribution in [2.24, 2.45) is 0 Å². The molecule has 6 heteroatoms. The Balaban J connectivity index is 2.09. The molecular formula is C10H13N5O. The molecule has 6 nitrogen and oxygen atoms in total. The maximum absolute atomic E-state index is 5.34. The topological polar surface area (TPSA) is 55.6 Å². The zero-order valence-electron chi connectivity index (χ0n) is 9.13. The molecule has 0 radical (unpaired) electrons. The summed E-state index contributed by atoms with van der Waals surface area (Å²) < 4.78 is 7.12. The third kappa shape index (κ3) is 1.51. The van der Waals surface area contributed by atoms with Crippen molar-refractivity contribution in [3.05, 3.63) is 18.1 Å². The van der Waals surface area contributed by atoms with Crippen LogP contribution in [0.25, 0.3) is 5.78 Å². The zero-order valence-corrected chi connectivity index (χ0v) is 9.13. The van der Waals surface area contributed by atoms with E-state index in [-0.39, 0.29) is 0 Å². The summed E-state index contributed by atoms with van der Waals surface area (Å²) >= 11 is 0. The first-order chi connectivity index (χ1) is 7.84. The Hall–Kier alpha value is -1.69. The lowest BCUT2D eigenvalue weighted by Gasteiger charge is -2.28. The van der Waals surface area contributed by atoms with Crippen LogP contribution in [0.15, 0.2) is 12.4 Å². The van der Waals surface area contributed by atoms with Crippen LogP contribution in [0.5, 0.6) is 0 Å². The largest absolute Gasteiger partial charge is 0.378 e. The number of aryl methyl sites for hydroxylation is 1. The summed E-state index contributed by atoms with van der Waals surface area (Å²) in [6, 6.07) is 2.03. The highest BCUT2D eigenvalue weighted by molar-refractivity contribution is 5.47. The monoisotopic (exact) mass is 219 g/mol. The van der Waals surface area contributed by atoms with E-state index in [1.807, 2.05) is 13.0 Å². The fraction of sp³-hybridized carbons (Fsp3) is 0.500. The lowest BCUT2D eigenvalue weighted by molar-refractivity contribution is 0.122. The molecule has 0 spiro atoms. The second kappa shape index (κ2) is 3.71. The SMILES string of the molecule is Cc1cc(N2CCOCC2)n2ncnc2n1. The van der Waals surface area contributed by atoms with Crippen molar-refractivity contribution in [3.63, 3.8) is 0 Å². The van der Waals surface area contributed by atoms with Gasteiger partial charge < -0.3 is 9.64 Å². The van der Waals surface area contributed by atoms with Gasteiger partial charge in [0.2, 0.25) is 0 Å². The van der Waals surface area contributed by atoms with E-state index >= 15 is 0 Å². The van der Waals surface area contributed by atoms with Gasteiger partial charge in [-0.25, -0.2) is 4.98 Å². The third-order valence-corrected chi connectivity index (χ3v) is 2.70. The summed E-state index contributed by atoms with van der Waals surface area (Å²) in [5.74, 6) is 1.70. The number of hydrogen-bond donors (Lipinski definition) is 0. The Morgan fingerprint density at radius 3 is 2.94 bits per heavy atom. The van der Waals surface area contributed by atoms with Crippen LogP contribution >= 0.6 is 0 Å². The van der Waals surface area contributed by atoms with Crippen LogP contribution < -0.4 is 4.90 Å². The van der Waals surface area contributed by atoms with Crippen molar-refractivity contribution in [1.82, 2.24) is 19.6 Å². The summed E-state index contributed by atoms with van der Waals surface area (Å²) in [5, 5.41) is 4.20. The van der Waals surface area contributed by atoms with Gasteiger partial charge in [-0.2, -0.15) is 14.6 Å². The zero-order chi connectivity index (χ0) is 11.0. The van der Waals surface area contributed by atoms with Gasteiger partial charge in [0.25, 0.3) is 5.78 Å². The fourth-order valence-corrected chi connectivity index (χ4v) is 1.93. The van der Waals surface area contributed by atoms with Crippen molar-refractivity contribution in [2.45, 2.75) is 6.92 Å². The molecule has 16 heavy (non-hydrogen) atoms. The van der Waals surface area contributed by atoms with Crippen LogP contribution in [0.2, 0.25) is 0 Å². The lowest BCUT2D eigenvalue weighted by atomic mass is 10.3. The molecule has 0 unspecified atom stereocenters. The van der Waals surface area contributed by atoms with Crippen LogP contribution in [-0.4, -0.2) is 45.9 Å². The predicted molar refractivity (Wildman–Crippen MR) is 58.6 cm³/mol. The van der Waals surface area contributed by atoms with E-state index in [1.165, 1.54) is 6.33 Å². The third-order valence-electron chi connectivity index (χ3n) is 2.70. The Kier molecular flexibility index (Phi) is 2.21. The number of fused-ring (bicyclic) bond motifs is 1. The maximum Gasteiger partial charge on any atom is 0.254 e. The molecule has 1 aliphatic heterocycles. The van der Waals surface area contributed by atoms with Gasteiger partial charge in [0.15, 0.2) is 0 Å². The number of rotatable bonds is 1. The Morgan fingerprint density at radius 2 is 2.12 bits per heavy atom. The van der Waals surface area contributed by atoms with E-state index < -0.39 is 0 Å². The summed E-state index contributed by atoms with van der Waals surface area (Å²) in [7, 11) is 0. The first-order valence-corrected chi connectivity index (χ1v) is 5.35. The first-order valence-electron chi connectivity index (χ1n) is 5.35. The van der Waals surface area contributed by atoms with Crippen LogP contribution in [0.4, 0.5) is 5.82 Å². The van der Waals surface area contributed by atoms with Gasteiger partial charge in [0.1, 0.15) is 12.1 Å². The average Bonchev–Trinajstić information content (AvgIpc) is 2.77. The highest BCUT2D eigenvalue weighted by atomic mass is 16.5. The quantitative estimate of drug-likeness (QED) is 0.689. The number of anilines is 1. The highest BCUT2D eigenvalue weighted by Gasteiger charge is 2.15. The van der Waals surface area contributed by atoms with Crippen molar-refractivity contribution >= 4 is 11.6 Å². The molecule has 1 aliphatic rings. The molecule has 0 saturated carbocycles. The van der Waals surface area contributed by atoms with Crippen molar-refractivity contribution in [1.29, 1.82) is 0 Å². The average molecular weight is 219 g/mol. The summed E-state index contributed by atoms with van der Waals surface area (Å²) in [6.45, 7) is 5.27. The minimum atomic E-state index is 0.654. The molecule has 0 N–H and O–H groups in total. The summed E-state index contributed by atoms with van der Waals surface area (Å²) in [5.41, 5.74) is 0.960. The van der Waals surface area contributed by atoms with Crippen LogP contribution in [0.3, 0.4) is 0 Å². The Labute approximate surface area is 92.9 Å². The van der Waals surface area contributed by atoms with Crippen molar-refractivity contribution in [2.75, 3.05) is 31.2 Å². The molecule has 0 aliphatic carbocycles. The summed E-state index contributed by atoms with van der Waals surface area (Å²) in [4.78, 5) is 10.7. The normalized spacial score (nSPS) is 16.9. The number of nitrogens with zero attached hydrogens (tertiary/aromatic N) is 5. The van der Waals surface area contributed by atoms with E-state index in [0.29, 0.717) is 5.78 Å². The van der Waals surface area contributed by atoms with Crippen molar-refractivity contribution < 1.29 is 4.74 Å². The molecule has 3 heterocycles. The fourth-order valence-electron chi connectivity index (χ4n) is 1.93. The molecule has 3 rings (SSSR count). The molecular weight excluding hydrogens is 206 g/mol. The molecule has 0 amide bonds. The number of hydrogen-bond acceptors (Lipinski definition) is 5. The van der Waals surface area contributed by atoms with Crippen LogP contribution in [0, 0.1) is 6.92 Å². The number of ether oxygens (including phenoxy) is 1. The van der Waals surface area contributed by atoms with Gasteiger partial charge in [-0.05, 0) is 6.92 Å². The smallest absolute Gasteiger partial charge is 0.254 e. The van der Waals surface area contributed by atoms with Crippen LogP contribution in [-0.2, 0) is 4.74 Å². The van der Waals surface area contributed by atoms with E-state index in [9.17, 15) is 0 Å². The van der Waals surface area contributed by atoms with Gasteiger partial charge in [0.05, 0.1) is 13.2 Å². The van der Waals surface area contributed by atoms with Crippen LogP contribution in [0.1, 0.15) is 5.69 Å². The second-order valence-electron chi connectivity index (χ2n) is 3.83. The van der Waals surface area contributed by atoms with Gasteiger partial charge in [-0.3, -0.25) is 0 Å².